The fourth-order valence-electron chi connectivity index (χ4n) is 4.64. The van der Waals surface area contributed by atoms with Crippen LogP contribution in [-0.2, 0) is 5.41 Å². The van der Waals surface area contributed by atoms with Gasteiger partial charge >= 0.3 is 0 Å². The number of nitrogens with zero attached hydrogens (tertiary/aromatic N) is 2. The molecule has 2 atom stereocenters. The van der Waals surface area contributed by atoms with E-state index in [1.807, 2.05) is 0 Å². The third kappa shape index (κ3) is 1.60. The molecular formula is C18H18FN2O2-. The van der Waals surface area contributed by atoms with Crippen LogP contribution in [0, 0.1) is 11.2 Å². The molecule has 0 aliphatic heterocycles. The maximum Gasteiger partial charge on any atom is 0.123 e. The standard InChI is InChI=1S/C18H19FN2O2/c1-17(2)12-8-9-18(17,3)15-13(12)14(16(22)23)20-21(15)11-6-4-10(19)5-7-11/h4-7,12H,8-9H2,1-3H3,(H,22,23)/p-1/t12-,18-/m1/s1. The van der Waals surface area contributed by atoms with Crippen molar-refractivity contribution in [3.05, 3.63) is 47.0 Å². The lowest BCUT2D eigenvalue weighted by molar-refractivity contribution is -0.255. The number of aromatic nitrogens is 2. The average molecular weight is 313 g/mol. The van der Waals surface area contributed by atoms with Crippen LogP contribution in [0.15, 0.2) is 24.3 Å². The number of fused-ring (bicyclic) bond motifs is 5. The van der Waals surface area contributed by atoms with Crippen LogP contribution in [0.1, 0.15) is 61.3 Å². The monoisotopic (exact) mass is 313 g/mol. The van der Waals surface area contributed by atoms with E-state index in [-0.39, 0.29) is 28.3 Å². The molecule has 5 heteroatoms. The molecule has 2 aliphatic rings. The summed E-state index contributed by atoms with van der Waals surface area (Å²) in [7, 11) is 0. The lowest BCUT2D eigenvalue weighted by Gasteiger charge is -2.35. The number of hydrogen-bond acceptors (Lipinski definition) is 3. The van der Waals surface area contributed by atoms with Crippen LogP contribution in [0.5, 0.6) is 0 Å². The second kappa shape index (κ2) is 4.22. The van der Waals surface area contributed by atoms with E-state index in [9.17, 15) is 14.3 Å². The molecule has 0 N–H and O–H groups in total. The van der Waals surface area contributed by atoms with Crippen molar-refractivity contribution in [1.82, 2.24) is 9.78 Å². The highest BCUT2D eigenvalue weighted by atomic mass is 19.1. The zero-order valence-electron chi connectivity index (χ0n) is 13.4. The summed E-state index contributed by atoms with van der Waals surface area (Å²) in [5, 5.41) is 15.9. The van der Waals surface area contributed by atoms with Crippen molar-refractivity contribution < 1.29 is 14.3 Å². The first-order chi connectivity index (χ1) is 10.8. The predicted octanol–water partition coefficient (Wildman–Crippen LogP) is 2.55. The molecule has 4 nitrogen and oxygen atoms in total. The van der Waals surface area contributed by atoms with Gasteiger partial charge in [0.15, 0.2) is 0 Å². The molecule has 2 aliphatic carbocycles. The lowest BCUT2D eigenvalue weighted by Crippen LogP contribution is -2.34. The SMILES string of the molecule is CC1(C)[C@@H]2CC[C@]1(C)c1c2c(C(=O)[O-])nn1-c1ccc(F)cc1. The highest BCUT2D eigenvalue weighted by Gasteiger charge is 2.62. The molecule has 2 bridgehead atoms. The summed E-state index contributed by atoms with van der Waals surface area (Å²) in [6, 6.07) is 5.99. The van der Waals surface area contributed by atoms with Crippen LogP contribution >= 0.6 is 0 Å². The maximum absolute atomic E-state index is 13.2. The van der Waals surface area contributed by atoms with Crippen LogP contribution in [0.25, 0.3) is 5.69 Å². The topological polar surface area (TPSA) is 57.9 Å². The summed E-state index contributed by atoms with van der Waals surface area (Å²) in [5.41, 5.74) is 2.29. The number of carboxylic acids is 1. The summed E-state index contributed by atoms with van der Waals surface area (Å²) in [6.07, 6.45) is 1.96. The molecule has 0 amide bonds. The Hall–Kier alpha value is -2.17. The van der Waals surface area contributed by atoms with E-state index in [2.05, 4.69) is 25.9 Å². The van der Waals surface area contributed by atoms with Gasteiger partial charge in [0.2, 0.25) is 0 Å². The van der Waals surface area contributed by atoms with Gasteiger partial charge in [0.25, 0.3) is 0 Å². The van der Waals surface area contributed by atoms with Crippen molar-refractivity contribution in [3.8, 4) is 5.69 Å². The number of halogens is 1. The van der Waals surface area contributed by atoms with Gasteiger partial charge < -0.3 is 9.90 Å². The molecule has 23 heavy (non-hydrogen) atoms. The largest absolute Gasteiger partial charge is 0.543 e. The van der Waals surface area contributed by atoms with Crippen LogP contribution in [0.2, 0.25) is 0 Å². The summed E-state index contributed by atoms with van der Waals surface area (Å²) in [4.78, 5) is 11.6. The van der Waals surface area contributed by atoms with E-state index in [0.29, 0.717) is 5.69 Å². The minimum atomic E-state index is -1.24. The first-order valence-electron chi connectivity index (χ1n) is 7.88. The van der Waals surface area contributed by atoms with E-state index in [0.717, 1.165) is 24.1 Å². The van der Waals surface area contributed by atoms with Gasteiger partial charge in [-0.15, -0.1) is 0 Å². The smallest absolute Gasteiger partial charge is 0.123 e. The van der Waals surface area contributed by atoms with Crippen molar-refractivity contribution >= 4 is 5.97 Å². The van der Waals surface area contributed by atoms with Gasteiger partial charge in [-0.3, -0.25) is 0 Å². The summed E-state index contributed by atoms with van der Waals surface area (Å²) in [6.45, 7) is 6.57. The number of carbonyl (C=O) groups is 1. The van der Waals surface area contributed by atoms with Crippen molar-refractivity contribution in [2.45, 2.75) is 44.9 Å². The third-order valence-corrected chi connectivity index (χ3v) is 6.28. The van der Waals surface area contributed by atoms with Gasteiger partial charge in [-0.25, -0.2) is 9.07 Å². The van der Waals surface area contributed by atoms with Crippen molar-refractivity contribution in [3.63, 3.8) is 0 Å². The number of benzene rings is 1. The van der Waals surface area contributed by atoms with E-state index < -0.39 is 5.97 Å². The summed E-state index contributed by atoms with van der Waals surface area (Å²) in [5.74, 6) is -1.40. The number of hydrogen-bond donors (Lipinski definition) is 0. The Kier molecular flexibility index (Phi) is 2.64. The molecule has 0 saturated heterocycles. The molecule has 1 aromatic heterocycles. The van der Waals surface area contributed by atoms with Gasteiger partial charge in [-0.05, 0) is 48.4 Å². The molecule has 2 aromatic rings. The Bertz CT molecular complexity index is 822. The van der Waals surface area contributed by atoms with Gasteiger partial charge in [0.05, 0.1) is 17.4 Å². The third-order valence-electron chi connectivity index (χ3n) is 6.28. The fourth-order valence-corrected chi connectivity index (χ4v) is 4.64. The normalized spacial score (nSPS) is 27.2. The van der Waals surface area contributed by atoms with Gasteiger partial charge in [-0.1, -0.05) is 20.8 Å². The van der Waals surface area contributed by atoms with E-state index >= 15 is 0 Å². The number of carbonyl (C=O) groups excluding carboxylic acids is 1. The van der Waals surface area contributed by atoms with Crippen LogP contribution in [0.4, 0.5) is 4.39 Å². The van der Waals surface area contributed by atoms with Gasteiger partial charge in [-0.2, -0.15) is 5.10 Å². The molecular weight excluding hydrogens is 295 g/mol. The summed E-state index contributed by atoms with van der Waals surface area (Å²) < 4.78 is 14.9. The number of aromatic carboxylic acids is 1. The van der Waals surface area contributed by atoms with E-state index in [1.54, 1.807) is 16.8 Å². The Labute approximate surface area is 133 Å². The maximum atomic E-state index is 13.2. The number of rotatable bonds is 2. The first kappa shape index (κ1) is 14.4. The highest BCUT2D eigenvalue weighted by molar-refractivity contribution is 5.87. The molecule has 0 radical (unpaired) electrons. The molecule has 1 saturated carbocycles. The molecule has 120 valence electrons. The second-order valence-electron chi connectivity index (χ2n) is 7.43. The van der Waals surface area contributed by atoms with E-state index in [4.69, 9.17) is 0 Å². The van der Waals surface area contributed by atoms with Gasteiger partial charge in [0.1, 0.15) is 11.5 Å². The fraction of sp³-hybridized carbons (Fsp3) is 0.444. The zero-order chi connectivity index (χ0) is 16.6. The first-order valence-corrected chi connectivity index (χ1v) is 7.88. The Morgan fingerprint density at radius 1 is 1.30 bits per heavy atom. The second-order valence-corrected chi connectivity index (χ2v) is 7.43. The molecule has 0 unspecified atom stereocenters. The minimum absolute atomic E-state index is 0.0332. The number of carboxylic acid groups (broad SMARTS) is 1. The predicted molar refractivity (Wildman–Crippen MR) is 81.0 cm³/mol. The zero-order valence-corrected chi connectivity index (χ0v) is 13.4. The molecule has 1 fully saturated rings. The van der Waals surface area contributed by atoms with Crippen molar-refractivity contribution in [2.75, 3.05) is 0 Å². The Morgan fingerprint density at radius 3 is 2.57 bits per heavy atom. The van der Waals surface area contributed by atoms with Crippen molar-refractivity contribution in [2.24, 2.45) is 5.41 Å². The molecule has 4 rings (SSSR count). The molecule has 1 aromatic carbocycles. The van der Waals surface area contributed by atoms with Gasteiger partial charge in [0, 0.05) is 11.0 Å². The van der Waals surface area contributed by atoms with Crippen LogP contribution in [-0.4, -0.2) is 15.7 Å². The van der Waals surface area contributed by atoms with E-state index in [1.165, 1.54) is 12.1 Å². The Balaban J connectivity index is 2.02. The van der Waals surface area contributed by atoms with Crippen LogP contribution in [0.3, 0.4) is 0 Å². The minimum Gasteiger partial charge on any atom is -0.543 e. The summed E-state index contributed by atoms with van der Waals surface area (Å²) >= 11 is 0. The molecule has 0 spiro atoms. The molecule has 1 heterocycles. The van der Waals surface area contributed by atoms with Crippen molar-refractivity contribution in [1.29, 1.82) is 0 Å². The Morgan fingerprint density at radius 2 is 1.96 bits per heavy atom. The average Bonchev–Trinajstić information content (AvgIpc) is 3.03. The van der Waals surface area contributed by atoms with Crippen LogP contribution < -0.4 is 5.11 Å². The quantitative estimate of drug-likeness (QED) is 0.856. The highest BCUT2D eigenvalue weighted by Crippen LogP contribution is 2.68. The lowest BCUT2D eigenvalue weighted by atomic mass is 9.70.